The zero-order chi connectivity index (χ0) is 20.6. The van der Waals surface area contributed by atoms with Gasteiger partial charge >= 0.3 is 5.97 Å². The summed E-state index contributed by atoms with van der Waals surface area (Å²) in [4.78, 5) is 12.4. The number of nitrogens with zero attached hydrogens (tertiary/aromatic N) is 1. The molecule has 2 aromatic rings. The minimum atomic E-state index is -3.75. The summed E-state index contributed by atoms with van der Waals surface area (Å²) in [7, 11) is -2.40. The van der Waals surface area contributed by atoms with Gasteiger partial charge in [0.15, 0.2) is 0 Å². The van der Waals surface area contributed by atoms with Crippen LogP contribution in [0.25, 0.3) is 5.57 Å². The lowest BCUT2D eigenvalue weighted by molar-refractivity contribution is -0.134. The van der Waals surface area contributed by atoms with Gasteiger partial charge in [-0.1, -0.05) is 48.0 Å². The summed E-state index contributed by atoms with van der Waals surface area (Å²) in [5.41, 5.74) is 2.69. The predicted octanol–water partition coefficient (Wildman–Crippen LogP) is 4.10. The summed E-state index contributed by atoms with van der Waals surface area (Å²) in [6.45, 7) is 2.20. The van der Waals surface area contributed by atoms with Gasteiger partial charge in [-0.25, -0.2) is 13.2 Å². The van der Waals surface area contributed by atoms with E-state index in [1.54, 1.807) is 30.3 Å². The molecule has 1 aliphatic heterocycles. The summed E-state index contributed by atoms with van der Waals surface area (Å²) in [5.74, 6) is -0.434. The number of carbonyl (C=O) groups is 1. The van der Waals surface area contributed by atoms with Crippen LogP contribution in [0.3, 0.4) is 0 Å². The molecule has 0 bridgehead atoms. The number of sulfonamides is 1. The third-order valence-corrected chi connectivity index (χ3v) is 7.51. The van der Waals surface area contributed by atoms with Gasteiger partial charge in [0.05, 0.1) is 17.7 Å². The van der Waals surface area contributed by atoms with E-state index >= 15 is 0 Å². The molecule has 29 heavy (non-hydrogen) atoms. The number of esters is 1. The van der Waals surface area contributed by atoms with Gasteiger partial charge in [0.25, 0.3) is 10.0 Å². The molecule has 0 fully saturated rings. The second kappa shape index (κ2) is 7.19. The maximum Gasteiger partial charge on any atom is 0.330 e. The molecule has 5 nitrogen and oxygen atoms in total. The molecule has 0 N–H and O–H groups in total. The number of hydrogen-bond acceptors (Lipinski definition) is 4. The Morgan fingerprint density at radius 1 is 1.07 bits per heavy atom. The van der Waals surface area contributed by atoms with Gasteiger partial charge in [-0.15, -0.1) is 0 Å². The Bertz CT molecular complexity index is 1110. The summed E-state index contributed by atoms with van der Waals surface area (Å²) < 4.78 is 33.5. The van der Waals surface area contributed by atoms with Gasteiger partial charge in [0.1, 0.15) is 0 Å². The van der Waals surface area contributed by atoms with Crippen molar-refractivity contribution in [2.24, 2.45) is 5.41 Å². The Morgan fingerprint density at radius 3 is 2.38 bits per heavy atom. The number of ether oxygens (including phenoxy) is 1. The average molecular weight is 410 g/mol. The van der Waals surface area contributed by atoms with Crippen molar-refractivity contribution < 1.29 is 17.9 Å². The maximum absolute atomic E-state index is 13.6. The number of aryl methyl sites for hydroxylation is 1. The minimum Gasteiger partial charge on any atom is -0.466 e. The van der Waals surface area contributed by atoms with Gasteiger partial charge in [0.2, 0.25) is 0 Å². The molecule has 150 valence electrons. The van der Waals surface area contributed by atoms with Crippen LogP contribution in [0.4, 0.5) is 5.69 Å². The van der Waals surface area contributed by atoms with Crippen LogP contribution in [0.5, 0.6) is 0 Å². The topological polar surface area (TPSA) is 63.7 Å². The number of carbonyl (C=O) groups excluding carboxylic acids is 1. The molecule has 6 heteroatoms. The first-order valence-electron chi connectivity index (χ1n) is 9.51. The largest absolute Gasteiger partial charge is 0.466 e. The van der Waals surface area contributed by atoms with E-state index < -0.39 is 21.4 Å². The van der Waals surface area contributed by atoms with Crippen molar-refractivity contribution in [2.75, 3.05) is 18.0 Å². The molecule has 0 unspecified atom stereocenters. The van der Waals surface area contributed by atoms with E-state index in [9.17, 15) is 13.2 Å². The van der Waals surface area contributed by atoms with Gasteiger partial charge < -0.3 is 4.74 Å². The molecule has 1 aliphatic carbocycles. The molecule has 0 radical (unpaired) electrons. The SMILES string of the molecule is COC(=O)/C=C1\c2ccccc2N(S(=O)(=O)c2ccc(C)cc2)CC12CC=CC2. The Kier molecular flexibility index (Phi) is 4.82. The molecule has 1 spiro atoms. The van der Waals surface area contributed by atoms with Crippen LogP contribution >= 0.6 is 0 Å². The molecular formula is C23H23NO4S. The second-order valence-electron chi connectivity index (χ2n) is 7.58. The number of anilines is 1. The molecule has 0 saturated heterocycles. The molecule has 1 heterocycles. The second-order valence-corrected chi connectivity index (χ2v) is 9.45. The van der Waals surface area contributed by atoms with Crippen molar-refractivity contribution in [1.29, 1.82) is 0 Å². The molecule has 0 aromatic heterocycles. The Hall–Kier alpha value is -2.86. The number of rotatable bonds is 3. The van der Waals surface area contributed by atoms with Crippen molar-refractivity contribution in [3.63, 3.8) is 0 Å². The fraction of sp³-hybridized carbons (Fsp3) is 0.261. The highest BCUT2D eigenvalue weighted by Crippen LogP contribution is 2.53. The van der Waals surface area contributed by atoms with Gasteiger partial charge in [-0.3, -0.25) is 4.31 Å². The fourth-order valence-corrected chi connectivity index (χ4v) is 5.73. The standard InChI is InChI=1S/C23H23NO4S/c1-17-9-11-18(12-10-17)29(26,27)24-16-23(13-5-6-14-23)20(15-22(25)28-2)19-7-3-4-8-21(19)24/h3-12,15H,13-14,16H2,1-2H3/b20-15+. The lowest BCUT2D eigenvalue weighted by Crippen LogP contribution is -2.45. The lowest BCUT2D eigenvalue weighted by atomic mass is 9.72. The van der Waals surface area contributed by atoms with Crippen LogP contribution in [0, 0.1) is 12.3 Å². The van der Waals surface area contributed by atoms with E-state index in [-0.39, 0.29) is 11.4 Å². The number of methoxy groups -OCH3 is 1. The van der Waals surface area contributed by atoms with Crippen LogP contribution < -0.4 is 4.31 Å². The lowest BCUT2D eigenvalue weighted by Gasteiger charge is -2.43. The van der Waals surface area contributed by atoms with Crippen molar-refractivity contribution in [3.8, 4) is 0 Å². The van der Waals surface area contributed by atoms with Crippen molar-refractivity contribution in [3.05, 3.63) is 77.9 Å². The summed E-state index contributed by atoms with van der Waals surface area (Å²) in [5, 5.41) is 0. The molecule has 2 aromatic carbocycles. The maximum atomic E-state index is 13.6. The smallest absolute Gasteiger partial charge is 0.330 e. The van der Waals surface area contributed by atoms with E-state index in [4.69, 9.17) is 4.74 Å². The molecule has 0 atom stereocenters. The van der Waals surface area contributed by atoms with Crippen molar-refractivity contribution in [2.45, 2.75) is 24.7 Å². The molecule has 0 amide bonds. The first kappa shape index (κ1) is 19.5. The highest BCUT2D eigenvalue weighted by molar-refractivity contribution is 7.92. The quantitative estimate of drug-likeness (QED) is 0.435. The molecular weight excluding hydrogens is 386 g/mol. The third-order valence-electron chi connectivity index (χ3n) is 5.74. The van der Waals surface area contributed by atoms with Gasteiger partial charge in [-0.05, 0) is 43.5 Å². The number of benzene rings is 2. The van der Waals surface area contributed by atoms with Crippen LogP contribution in [-0.4, -0.2) is 28.0 Å². The normalized spacial score (nSPS) is 18.8. The summed E-state index contributed by atoms with van der Waals surface area (Å²) >= 11 is 0. The highest BCUT2D eigenvalue weighted by atomic mass is 32.2. The molecule has 0 saturated carbocycles. The van der Waals surface area contributed by atoms with Crippen LogP contribution in [0.2, 0.25) is 0 Å². The molecule has 2 aliphatic rings. The van der Waals surface area contributed by atoms with Crippen LogP contribution in [0.1, 0.15) is 24.0 Å². The van der Waals surface area contributed by atoms with Crippen LogP contribution in [0.15, 0.2) is 71.7 Å². The zero-order valence-corrected chi connectivity index (χ0v) is 17.3. The fourth-order valence-electron chi connectivity index (χ4n) is 4.16. The Morgan fingerprint density at radius 2 is 1.72 bits per heavy atom. The van der Waals surface area contributed by atoms with E-state index in [1.165, 1.54) is 17.5 Å². The monoisotopic (exact) mass is 409 g/mol. The van der Waals surface area contributed by atoms with Crippen molar-refractivity contribution in [1.82, 2.24) is 0 Å². The van der Waals surface area contributed by atoms with E-state index in [1.807, 2.05) is 25.1 Å². The summed E-state index contributed by atoms with van der Waals surface area (Å²) in [6, 6.07) is 14.2. The zero-order valence-electron chi connectivity index (χ0n) is 16.5. The van der Waals surface area contributed by atoms with Gasteiger partial charge in [-0.2, -0.15) is 0 Å². The number of allylic oxidation sites excluding steroid dienone is 2. The number of hydrogen-bond donors (Lipinski definition) is 0. The minimum absolute atomic E-state index is 0.263. The van der Waals surface area contributed by atoms with Crippen molar-refractivity contribution >= 4 is 27.3 Å². The van der Waals surface area contributed by atoms with E-state index in [0.717, 1.165) is 16.7 Å². The third kappa shape index (κ3) is 3.27. The molecule has 4 rings (SSSR count). The van der Waals surface area contributed by atoms with Gasteiger partial charge in [0, 0.05) is 23.6 Å². The number of para-hydroxylation sites is 1. The number of fused-ring (bicyclic) bond motifs is 1. The predicted molar refractivity (Wildman–Crippen MR) is 113 cm³/mol. The van der Waals surface area contributed by atoms with E-state index in [2.05, 4.69) is 12.2 Å². The highest BCUT2D eigenvalue weighted by Gasteiger charge is 2.46. The average Bonchev–Trinajstić information content (AvgIpc) is 3.19. The first-order valence-corrected chi connectivity index (χ1v) is 11.0. The Labute approximate surface area is 171 Å². The van der Waals surface area contributed by atoms with E-state index in [0.29, 0.717) is 18.5 Å². The van der Waals surface area contributed by atoms with Crippen LogP contribution in [-0.2, 0) is 19.6 Å². The summed E-state index contributed by atoms with van der Waals surface area (Å²) in [6.07, 6.45) is 6.96. The Balaban J connectivity index is 1.90. The first-order chi connectivity index (χ1) is 13.9.